The lowest BCUT2D eigenvalue weighted by atomic mass is 10.2. The molecule has 0 bridgehead atoms. The molecule has 0 aliphatic rings. The maximum Gasteiger partial charge on any atom is 0.306 e. The van der Waals surface area contributed by atoms with Gasteiger partial charge >= 0.3 is 5.97 Å². The van der Waals surface area contributed by atoms with Gasteiger partial charge in [-0.3, -0.25) is 4.79 Å². The molecule has 0 atom stereocenters. The summed E-state index contributed by atoms with van der Waals surface area (Å²) in [4.78, 5) is 21.6. The van der Waals surface area contributed by atoms with E-state index in [1.165, 1.54) is 18.4 Å². The molecular formula is C23H26N4O4S2. The topological polar surface area (TPSA) is 94.4 Å². The van der Waals surface area contributed by atoms with Crippen LogP contribution in [0.4, 0.5) is 0 Å². The number of aryl methyl sites for hydroxylation is 2. The Morgan fingerprint density at radius 1 is 1.12 bits per heavy atom. The number of sulfonamides is 1. The molecule has 174 valence electrons. The van der Waals surface area contributed by atoms with E-state index in [4.69, 9.17) is 4.74 Å². The molecule has 0 amide bonds. The average Bonchev–Trinajstić information content (AvgIpc) is 3.37. The lowest BCUT2D eigenvalue weighted by molar-refractivity contribution is -0.145. The van der Waals surface area contributed by atoms with Crippen LogP contribution in [-0.4, -0.2) is 47.3 Å². The highest BCUT2D eigenvalue weighted by Gasteiger charge is 2.20. The Hall–Kier alpha value is -2.82. The molecule has 0 saturated carbocycles. The summed E-state index contributed by atoms with van der Waals surface area (Å²) < 4.78 is 34.6. The van der Waals surface area contributed by atoms with Crippen LogP contribution >= 0.6 is 11.3 Å². The van der Waals surface area contributed by atoms with E-state index < -0.39 is 10.0 Å². The number of carbonyl (C=O) groups excluding carboxylic acids is 1. The molecule has 0 unspecified atom stereocenters. The first-order valence-electron chi connectivity index (χ1n) is 10.7. The Morgan fingerprint density at radius 2 is 1.91 bits per heavy atom. The van der Waals surface area contributed by atoms with Crippen LogP contribution in [0.2, 0.25) is 0 Å². The molecule has 0 aliphatic carbocycles. The molecule has 2 aromatic carbocycles. The third-order valence-corrected chi connectivity index (χ3v) is 8.27. The van der Waals surface area contributed by atoms with Crippen molar-refractivity contribution in [2.75, 3.05) is 14.1 Å². The number of imidazole rings is 1. The lowest BCUT2D eigenvalue weighted by Gasteiger charge is -2.11. The van der Waals surface area contributed by atoms with Crippen molar-refractivity contribution in [2.24, 2.45) is 0 Å². The van der Waals surface area contributed by atoms with Gasteiger partial charge in [-0.15, -0.1) is 11.3 Å². The number of hydrogen-bond donors (Lipinski definition) is 0. The van der Waals surface area contributed by atoms with Crippen LogP contribution in [0, 0.1) is 0 Å². The number of rotatable bonds is 9. The summed E-state index contributed by atoms with van der Waals surface area (Å²) in [6.45, 7) is 2.63. The zero-order valence-corrected chi connectivity index (χ0v) is 20.4. The van der Waals surface area contributed by atoms with Crippen molar-refractivity contribution in [2.45, 2.75) is 44.2 Å². The third kappa shape index (κ3) is 4.92. The molecule has 4 rings (SSSR count). The largest absolute Gasteiger partial charge is 0.458 e. The minimum absolute atomic E-state index is 0.0399. The van der Waals surface area contributed by atoms with Crippen LogP contribution in [0.1, 0.15) is 30.6 Å². The Labute approximate surface area is 196 Å². The van der Waals surface area contributed by atoms with Crippen LogP contribution in [0.25, 0.3) is 21.3 Å². The molecule has 0 radical (unpaired) electrons. The quantitative estimate of drug-likeness (QED) is 0.332. The zero-order valence-electron chi connectivity index (χ0n) is 18.8. The normalized spacial score (nSPS) is 12.1. The molecule has 0 spiro atoms. The summed E-state index contributed by atoms with van der Waals surface area (Å²) in [6, 6.07) is 12.9. The summed E-state index contributed by atoms with van der Waals surface area (Å²) in [5.74, 6) is 0.299. The molecule has 8 nitrogen and oxygen atoms in total. The van der Waals surface area contributed by atoms with Gasteiger partial charge in [-0.2, -0.15) is 0 Å². The maximum atomic E-state index is 12.4. The van der Waals surface area contributed by atoms with Crippen LogP contribution in [0.15, 0.2) is 47.4 Å². The predicted molar refractivity (Wildman–Crippen MR) is 129 cm³/mol. The van der Waals surface area contributed by atoms with Gasteiger partial charge in [0.2, 0.25) is 10.0 Å². The molecule has 2 aromatic heterocycles. The number of aromatic nitrogens is 3. The monoisotopic (exact) mass is 486 g/mol. The van der Waals surface area contributed by atoms with E-state index in [0.29, 0.717) is 30.7 Å². The summed E-state index contributed by atoms with van der Waals surface area (Å²) in [7, 11) is -0.568. The number of para-hydroxylation sites is 1. The lowest BCUT2D eigenvalue weighted by Crippen LogP contribution is -2.22. The summed E-state index contributed by atoms with van der Waals surface area (Å²) in [5.41, 5.74) is 2.35. The van der Waals surface area contributed by atoms with Crippen molar-refractivity contribution in [3.8, 4) is 0 Å². The summed E-state index contributed by atoms with van der Waals surface area (Å²) in [5, 5.41) is 1.01. The second-order valence-corrected chi connectivity index (χ2v) is 11.1. The molecular weight excluding hydrogens is 460 g/mol. The van der Waals surface area contributed by atoms with E-state index in [1.54, 1.807) is 29.5 Å². The highest BCUT2D eigenvalue weighted by Crippen LogP contribution is 2.24. The van der Waals surface area contributed by atoms with Gasteiger partial charge in [0.25, 0.3) is 0 Å². The number of thiazole rings is 1. The van der Waals surface area contributed by atoms with Crippen molar-refractivity contribution < 1.29 is 17.9 Å². The molecule has 0 saturated heterocycles. The van der Waals surface area contributed by atoms with E-state index >= 15 is 0 Å². The van der Waals surface area contributed by atoms with Crippen LogP contribution < -0.4 is 0 Å². The number of hydrogen-bond acceptors (Lipinski definition) is 7. The first kappa shape index (κ1) is 23.3. The van der Waals surface area contributed by atoms with Gasteiger partial charge in [0.05, 0.1) is 31.2 Å². The second kappa shape index (κ2) is 9.58. The second-order valence-electron chi connectivity index (χ2n) is 7.80. The number of nitrogens with zero attached hydrogens (tertiary/aromatic N) is 4. The molecule has 0 N–H and O–H groups in total. The van der Waals surface area contributed by atoms with Gasteiger partial charge < -0.3 is 9.30 Å². The van der Waals surface area contributed by atoms with Crippen LogP contribution in [-0.2, 0) is 39.1 Å². The molecule has 0 fully saturated rings. The SMILES string of the molecule is CCn1c(COC(=O)CCCc2nc3ccccc3s2)nc2cc(S(=O)(=O)N(C)C)ccc21. The first-order chi connectivity index (χ1) is 15.8. The fraction of sp³-hybridized carbons (Fsp3) is 0.348. The Kier molecular flexibility index (Phi) is 6.78. The molecule has 2 heterocycles. The molecule has 4 aromatic rings. The van der Waals surface area contributed by atoms with Crippen molar-refractivity contribution in [3.63, 3.8) is 0 Å². The minimum atomic E-state index is -3.55. The van der Waals surface area contributed by atoms with Crippen molar-refractivity contribution in [1.29, 1.82) is 0 Å². The smallest absolute Gasteiger partial charge is 0.306 e. The predicted octanol–water partition coefficient (Wildman–Crippen LogP) is 3.98. The van der Waals surface area contributed by atoms with E-state index in [-0.39, 0.29) is 17.5 Å². The Balaban J connectivity index is 1.38. The Bertz CT molecular complexity index is 1370. The van der Waals surface area contributed by atoms with Crippen LogP contribution in [0.3, 0.4) is 0 Å². The van der Waals surface area contributed by atoms with E-state index in [2.05, 4.69) is 9.97 Å². The van der Waals surface area contributed by atoms with Crippen molar-refractivity contribution in [1.82, 2.24) is 18.8 Å². The zero-order chi connectivity index (χ0) is 23.6. The number of benzene rings is 2. The first-order valence-corrected chi connectivity index (χ1v) is 13.0. The minimum Gasteiger partial charge on any atom is -0.458 e. The van der Waals surface area contributed by atoms with Gasteiger partial charge in [0.15, 0.2) is 0 Å². The number of fused-ring (bicyclic) bond motifs is 2. The highest BCUT2D eigenvalue weighted by atomic mass is 32.2. The van der Waals surface area contributed by atoms with Gasteiger partial charge in [-0.25, -0.2) is 22.7 Å². The fourth-order valence-electron chi connectivity index (χ4n) is 3.62. The maximum absolute atomic E-state index is 12.4. The molecule has 10 heteroatoms. The van der Waals surface area contributed by atoms with Gasteiger partial charge in [0.1, 0.15) is 12.4 Å². The average molecular weight is 487 g/mol. The summed E-state index contributed by atoms with van der Waals surface area (Å²) in [6.07, 6.45) is 1.69. The highest BCUT2D eigenvalue weighted by molar-refractivity contribution is 7.89. The molecule has 33 heavy (non-hydrogen) atoms. The molecule has 0 aliphatic heterocycles. The van der Waals surface area contributed by atoms with Crippen molar-refractivity contribution >= 4 is 48.6 Å². The fourth-order valence-corrected chi connectivity index (χ4v) is 5.55. The van der Waals surface area contributed by atoms with Gasteiger partial charge in [0, 0.05) is 27.1 Å². The summed E-state index contributed by atoms with van der Waals surface area (Å²) >= 11 is 1.65. The standard InChI is InChI=1S/C23H26N4O4S2/c1-4-27-19-13-12-16(33(29,30)26(2)3)14-18(19)24-21(27)15-31-23(28)11-7-10-22-25-17-8-5-6-9-20(17)32-22/h5-6,8-9,12-14H,4,7,10-11,15H2,1-3H3. The van der Waals surface area contributed by atoms with Crippen molar-refractivity contribution in [3.05, 3.63) is 53.3 Å². The van der Waals surface area contributed by atoms with E-state index in [0.717, 1.165) is 27.2 Å². The van der Waals surface area contributed by atoms with Gasteiger partial charge in [-0.1, -0.05) is 12.1 Å². The van der Waals surface area contributed by atoms with E-state index in [1.807, 2.05) is 35.8 Å². The third-order valence-electron chi connectivity index (χ3n) is 5.37. The van der Waals surface area contributed by atoms with Crippen LogP contribution in [0.5, 0.6) is 0 Å². The Morgan fingerprint density at radius 3 is 2.64 bits per heavy atom. The number of carbonyl (C=O) groups is 1. The van der Waals surface area contributed by atoms with Gasteiger partial charge in [-0.05, 0) is 50.1 Å². The van der Waals surface area contributed by atoms with E-state index in [9.17, 15) is 13.2 Å². The number of ether oxygens (including phenoxy) is 1. The number of esters is 1.